The maximum absolute atomic E-state index is 12.9. The van der Waals surface area contributed by atoms with E-state index in [0.29, 0.717) is 14.9 Å². The van der Waals surface area contributed by atoms with Crippen molar-refractivity contribution in [3.8, 4) is 0 Å². The van der Waals surface area contributed by atoms with Gasteiger partial charge in [-0.1, -0.05) is 48.2 Å². The number of thioether (sulfide) groups is 1. The summed E-state index contributed by atoms with van der Waals surface area (Å²) >= 11 is 6.57. The molecule has 0 aromatic heterocycles. The number of carboxylic acid groups (broad SMARTS) is 1. The molecule has 0 saturated carbocycles. The van der Waals surface area contributed by atoms with Crippen LogP contribution in [0.1, 0.15) is 21.5 Å². The number of thiocarbonyl (C=S) groups is 1. The molecule has 0 bridgehead atoms. The zero-order valence-electron chi connectivity index (χ0n) is 15.1. The summed E-state index contributed by atoms with van der Waals surface area (Å²) in [4.78, 5) is 27.9. The number of aromatic carboxylic acids is 1. The van der Waals surface area contributed by atoms with Crippen LogP contribution in [0.3, 0.4) is 0 Å². The van der Waals surface area contributed by atoms with E-state index in [1.54, 1.807) is 19.1 Å². The number of carbonyl (C=O) groups is 2. The van der Waals surface area contributed by atoms with E-state index >= 15 is 0 Å². The molecule has 1 heterocycles. The van der Waals surface area contributed by atoms with Crippen LogP contribution in [0.5, 0.6) is 0 Å². The summed E-state index contributed by atoms with van der Waals surface area (Å²) in [6.45, 7) is 1.80. The van der Waals surface area contributed by atoms with Crippen molar-refractivity contribution in [1.29, 1.82) is 0 Å². The second-order valence-electron chi connectivity index (χ2n) is 6.29. The predicted molar refractivity (Wildman–Crippen MR) is 112 cm³/mol. The van der Waals surface area contributed by atoms with Crippen molar-refractivity contribution in [3.05, 3.63) is 64.1 Å². The number of aryl methyl sites for hydroxylation is 1. The number of hydrogen-bond donors (Lipinski definition) is 0. The third kappa shape index (κ3) is 3.89. The van der Waals surface area contributed by atoms with E-state index in [1.165, 1.54) is 28.8 Å². The molecule has 1 amide bonds. The number of nitrogens with zero attached hydrogens (tertiary/aromatic N) is 2. The summed E-state index contributed by atoms with van der Waals surface area (Å²) in [5.74, 6) is -1.56. The lowest BCUT2D eigenvalue weighted by molar-refractivity contribution is -0.255. The fraction of sp³-hybridized carbons (Fsp3) is 0.150. The number of carboxylic acids is 1. The van der Waals surface area contributed by atoms with Gasteiger partial charge in [0.1, 0.15) is 0 Å². The average Bonchev–Trinajstić information content (AvgIpc) is 2.89. The second kappa shape index (κ2) is 7.54. The van der Waals surface area contributed by atoms with Gasteiger partial charge in [-0.25, -0.2) is 0 Å². The van der Waals surface area contributed by atoms with Crippen LogP contribution in [-0.4, -0.2) is 30.3 Å². The quantitative estimate of drug-likeness (QED) is 0.584. The summed E-state index contributed by atoms with van der Waals surface area (Å²) in [6.07, 6.45) is 1.79. The molecule has 0 N–H and O–H groups in total. The van der Waals surface area contributed by atoms with Gasteiger partial charge in [-0.2, -0.15) is 0 Å². The maximum atomic E-state index is 12.9. The van der Waals surface area contributed by atoms with Gasteiger partial charge < -0.3 is 14.8 Å². The van der Waals surface area contributed by atoms with Crippen LogP contribution < -0.4 is 14.9 Å². The Balaban J connectivity index is 1.93. The summed E-state index contributed by atoms with van der Waals surface area (Å²) in [5.41, 5.74) is 3.18. The predicted octanol–water partition coefficient (Wildman–Crippen LogP) is 2.83. The molecule has 7 heteroatoms. The molecule has 0 unspecified atom stereocenters. The van der Waals surface area contributed by atoms with Gasteiger partial charge in [0.05, 0.1) is 16.6 Å². The van der Waals surface area contributed by atoms with Crippen LogP contribution in [0, 0.1) is 6.92 Å². The van der Waals surface area contributed by atoms with E-state index in [0.717, 1.165) is 16.8 Å². The highest BCUT2D eigenvalue weighted by Gasteiger charge is 2.34. The van der Waals surface area contributed by atoms with Gasteiger partial charge in [0.15, 0.2) is 4.32 Å². The first-order chi connectivity index (χ1) is 12.8. The first-order valence-electron chi connectivity index (χ1n) is 8.15. The fourth-order valence-corrected chi connectivity index (χ4v) is 3.96. The van der Waals surface area contributed by atoms with Crippen molar-refractivity contribution in [2.24, 2.45) is 0 Å². The minimum absolute atomic E-state index is 0.00732. The molecule has 0 radical (unpaired) electrons. The Morgan fingerprint density at radius 3 is 2.44 bits per heavy atom. The second-order valence-corrected chi connectivity index (χ2v) is 7.97. The number of hydrogen-bond acceptors (Lipinski definition) is 6. The molecule has 3 rings (SSSR count). The van der Waals surface area contributed by atoms with Gasteiger partial charge in [-0.05, 0) is 47.9 Å². The molecule has 0 spiro atoms. The molecule has 2 aromatic rings. The molecular weight excluding hydrogens is 380 g/mol. The zero-order valence-corrected chi connectivity index (χ0v) is 16.7. The van der Waals surface area contributed by atoms with Gasteiger partial charge >= 0.3 is 0 Å². The molecule has 1 aliphatic rings. The van der Waals surface area contributed by atoms with E-state index in [-0.39, 0.29) is 11.5 Å². The molecule has 2 aromatic carbocycles. The highest BCUT2D eigenvalue weighted by molar-refractivity contribution is 8.27. The number of amides is 1. The van der Waals surface area contributed by atoms with Crippen LogP contribution in [0.4, 0.5) is 11.4 Å². The fourth-order valence-electron chi connectivity index (χ4n) is 2.67. The highest BCUT2D eigenvalue weighted by Crippen LogP contribution is 2.37. The number of carbonyl (C=O) groups excluding carboxylic acids is 2. The van der Waals surface area contributed by atoms with E-state index in [9.17, 15) is 14.7 Å². The van der Waals surface area contributed by atoms with Gasteiger partial charge in [0, 0.05) is 19.8 Å². The molecule has 1 saturated heterocycles. The zero-order chi connectivity index (χ0) is 19.7. The first-order valence-corrected chi connectivity index (χ1v) is 9.38. The lowest BCUT2D eigenvalue weighted by atomic mass is 10.1. The van der Waals surface area contributed by atoms with Crippen LogP contribution in [0.25, 0.3) is 6.08 Å². The van der Waals surface area contributed by atoms with E-state index in [4.69, 9.17) is 12.2 Å². The third-order valence-corrected chi connectivity index (χ3v) is 5.49. The number of rotatable bonds is 4. The smallest absolute Gasteiger partial charge is 0.270 e. The molecule has 138 valence electrons. The van der Waals surface area contributed by atoms with E-state index in [1.807, 2.05) is 43.3 Å². The molecule has 0 aliphatic carbocycles. The molecule has 1 aliphatic heterocycles. The van der Waals surface area contributed by atoms with E-state index in [2.05, 4.69) is 0 Å². The van der Waals surface area contributed by atoms with Gasteiger partial charge in [-0.3, -0.25) is 9.69 Å². The third-order valence-electron chi connectivity index (χ3n) is 4.19. The van der Waals surface area contributed by atoms with Crippen LogP contribution in [0.15, 0.2) is 47.4 Å². The summed E-state index contributed by atoms with van der Waals surface area (Å²) in [7, 11) is 3.92. The number of anilines is 2. The topological polar surface area (TPSA) is 63.7 Å². The lowest BCUT2D eigenvalue weighted by Gasteiger charge is -2.18. The van der Waals surface area contributed by atoms with Crippen LogP contribution >= 0.6 is 24.0 Å². The van der Waals surface area contributed by atoms with Crippen molar-refractivity contribution in [2.75, 3.05) is 23.9 Å². The lowest BCUT2D eigenvalue weighted by Crippen LogP contribution is -2.29. The largest absolute Gasteiger partial charge is 0.545 e. The van der Waals surface area contributed by atoms with Crippen molar-refractivity contribution >= 4 is 57.6 Å². The summed E-state index contributed by atoms with van der Waals surface area (Å²) in [5, 5.41) is 11.2. The standard InChI is InChI=1S/C20H18N2O3S2/c1-12-4-7-14(19(24)25)11-16(12)22-18(23)17(27-20(22)26)10-13-5-8-15(9-6-13)21(2)3/h4-11H,1-3H3,(H,24,25)/p-1/b17-10-. The van der Waals surface area contributed by atoms with Crippen LogP contribution in [0.2, 0.25) is 0 Å². The molecule has 27 heavy (non-hydrogen) atoms. The van der Waals surface area contributed by atoms with Crippen molar-refractivity contribution in [1.82, 2.24) is 0 Å². The summed E-state index contributed by atoms with van der Waals surface area (Å²) in [6, 6.07) is 12.3. The Kier molecular flexibility index (Phi) is 5.34. The van der Waals surface area contributed by atoms with Crippen molar-refractivity contribution < 1.29 is 14.7 Å². The molecule has 0 atom stereocenters. The minimum atomic E-state index is -1.29. The Labute approximate surface area is 167 Å². The van der Waals surface area contributed by atoms with Gasteiger partial charge in [0.2, 0.25) is 0 Å². The van der Waals surface area contributed by atoms with Crippen molar-refractivity contribution in [2.45, 2.75) is 6.92 Å². The highest BCUT2D eigenvalue weighted by atomic mass is 32.2. The maximum Gasteiger partial charge on any atom is 0.270 e. The Hall–Kier alpha value is -2.64. The van der Waals surface area contributed by atoms with Gasteiger partial charge in [-0.15, -0.1) is 0 Å². The summed E-state index contributed by atoms with van der Waals surface area (Å²) < 4.78 is 0.370. The Bertz CT molecular complexity index is 966. The van der Waals surface area contributed by atoms with Crippen molar-refractivity contribution in [3.63, 3.8) is 0 Å². The SMILES string of the molecule is Cc1ccc(C(=O)[O-])cc1N1C(=O)/C(=C/c2ccc(N(C)C)cc2)SC1=S. The van der Waals surface area contributed by atoms with E-state index < -0.39 is 5.97 Å². The normalized spacial score (nSPS) is 15.5. The first kappa shape index (κ1) is 19.1. The van der Waals surface area contributed by atoms with Gasteiger partial charge in [0.25, 0.3) is 5.91 Å². The molecule has 5 nitrogen and oxygen atoms in total. The average molecular weight is 398 g/mol. The Morgan fingerprint density at radius 1 is 1.19 bits per heavy atom. The molecule has 1 fully saturated rings. The van der Waals surface area contributed by atoms with Crippen LogP contribution in [-0.2, 0) is 4.79 Å². The monoisotopic (exact) mass is 397 g/mol. The number of benzene rings is 2. The molecular formula is C20H17N2O3S2-. The minimum Gasteiger partial charge on any atom is -0.545 e. The Morgan fingerprint density at radius 2 is 1.85 bits per heavy atom.